The van der Waals surface area contributed by atoms with E-state index in [4.69, 9.17) is 10.0 Å². The zero-order valence-electron chi connectivity index (χ0n) is 3.38. The van der Waals surface area contributed by atoms with E-state index in [-0.39, 0.29) is 37.6 Å². The molecule has 0 unspecified atom stereocenters. The first-order chi connectivity index (χ1) is 1.00. The van der Waals surface area contributed by atoms with Crippen molar-refractivity contribution in [2.45, 2.75) is 0 Å². The van der Waals surface area contributed by atoms with Gasteiger partial charge in [0.25, 0.3) is 0 Å². The van der Waals surface area contributed by atoms with Gasteiger partial charge in [-0.2, -0.15) is 0 Å². The van der Waals surface area contributed by atoms with Gasteiger partial charge in [0.15, 0.2) is 17.4 Å². The van der Waals surface area contributed by atoms with E-state index in [9.17, 15) is 0 Å². The van der Waals surface area contributed by atoms with Crippen LogP contribution in [-0.4, -0.2) is 32.7 Å². The van der Waals surface area contributed by atoms with Gasteiger partial charge in [-0.05, 0) is 0 Å². The van der Waals surface area contributed by atoms with E-state index in [0.29, 0.717) is 0 Å². The second-order valence-electron chi connectivity index (χ2n) is 0. The second-order valence-corrected chi connectivity index (χ2v) is 0. The molecule has 0 bridgehead atoms. The Hall–Kier alpha value is 1.95. The Balaban J connectivity index is -0.00000000167. The molecule has 0 radical (unpaired) electrons. The SMILES string of the molecule is [AlH2][Cl].[AlH3].[H-].[Li+]. The van der Waals surface area contributed by atoms with Crippen LogP contribution in [0.2, 0.25) is 0 Å². The molecule has 0 amide bonds. The molecule has 0 saturated carbocycles. The molecule has 20 valence electrons. The van der Waals surface area contributed by atoms with Crippen LogP contribution >= 0.6 is 10.0 Å². The molecular weight excluding hydrogens is 96.4 g/mol. The van der Waals surface area contributed by atoms with Crippen LogP contribution in [-0.2, 0) is 0 Å². The monoisotopic (exact) mass is 102 g/mol. The van der Waals surface area contributed by atoms with E-state index in [0.717, 1.165) is 15.4 Å². The fourth-order valence-corrected chi connectivity index (χ4v) is 0. The first-order valence-electron chi connectivity index (χ1n) is 0.378. The first-order valence-corrected chi connectivity index (χ1v) is 3.40. The topological polar surface area (TPSA) is 0 Å². The summed E-state index contributed by atoms with van der Waals surface area (Å²) in [7, 11) is 4.78. The van der Waals surface area contributed by atoms with Crippen LogP contribution in [0.3, 0.4) is 0 Å². The standard InChI is InChI=1S/2Al.ClH.Li.6H/h;;1H;;;;;;;/q;+1;;+1;;;;;;-1/p-1. The van der Waals surface area contributed by atoms with Gasteiger partial charge in [0.05, 0.1) is 0 Å². The van der Waals surface area contributed by atoms with Gasteiger partial charge >= 0.3 is 34.2 Å². The maximum atomic E-state index is 4.78. The summed E-state index contributed by atoms with van der Waals surface area (Å²) in [6.45, 7) is 0. The van der Waals surface area contributed by atoms with E-state index in [1.165, 1.54) is 0 Å². The summed E-state index contributed by atoms with van der Waals surface area (Å²) < 4.78 is 0. The molecule has 0 aliphatic carbocycles. The van der Waals surface area contributed by atoms with Crippen LogP contribution in [0.15, 0.2) is 0 Å². The molecule has 0 aliphatic rings. The molecule has 0 rings (SSSR count). The van der Waals surface area contributed by atoms with Crippen molar-refractivity contribution in [3.8, 4) is 0 Å². The van der Waals surface area contributed by atoms with E-state index >= 15 is 0 Å². The van der Waals surface area contributed by atoms with Crippen molar-refractivity contribution in [2.75, 3.05) is 0 Å². The van der Waals surface area contributed by atoms with Gasteiger partial charge in [-0.3, -0.25) is 10.0 Å². The van der Waals surface area contributed by atoms with Crippen molar-refractivity contribution in [1.82, 2.24) is 0 Å². The fraction of sp³-hybridized carbons (Fsp3) is 0. The fourth-order valence-electron chi connectivity index (χ4n) is 0. The zero-order valence-corrected chi connectivity index (χ0v) is 5.13. The molecule has 0 spiro atoms. The Morgan fingerprint density at radius 1 is 1.50 bits per heavy atom. The smallest absolute Gasteiger partial charge is 1.00 e. The van der Waals surface area contributed by atoms with Crippen molar-refractivity contribution >= 4 is 42.8 Å². The van der Waals surface area contributed by atoms with Gasteiger partial charge in [0, 0.05) is 0 Å². The predicted molar refractivity (Wildman–Crippen MR) is 25.4 cm³/mol. The maximum absolute atomic E-state index is 4.78. The number of hydrogen-bond donors (Lipinski definition) is 0. The van der Waals surface area contributed by atoms with Crippen LogP contribution < -0.4 is 18.9 Å². The molecule has 0 heterocycles. The largest absolute Gasteiger partial charge is 1.00 e. The normalized spacial score (nSPS) is 1.25. The molecule has 0 N–H and O–H groups in total. The molecule has 4 heteroatoms. The molecule has 0 aromatic carbocycles. The summed E-state index contributed by atoms with van der Waals surface area (Å²) in [5, 5.41) is 0. The van der Waals surface area contributed by atoms with Gasteiger partial charge in [-0.15, -0.1) is 0 Å². The number of hydrogen-bond acceptors (Lipinski definition) is 0. The van der Waals surface area contributed by atoms with Crippen LogP contribution in [0.25, 0.3) is 0 Å². The van der Waals surface area contributed by atoms with E-state index in [2.05, 4.69) is 0 Å². The van der Waals surface area contributed by atoms with E-state index in [1.807, 2.05) is 0 Å². The average molecular weight is 102 g/mol. The van der Waals surface area contributed by atoms with E-state index < -0.39 is 0 Å². The minimum Gasteiger partial charge on any atom is -1.00 e. The van der Waals surface area contributed by atoms with Crippen molar-refractivity contribution in [3.05, 3.63) is 0 Å². The zero-order chi connectivity index (χ0) is 2.00. The summed E-state index contributed by atoms with van der Waals surface area (Å²) in [6, 6.07) is 0. The quantitative estimate of drug-likeness (QED) is 0.272. The molecule has 0 fully saturated rings. The van der Waals surface area contributed by atoms with Gasteiger partial charge in [-0.1, -0.05) is 0 Å². The summed E-state index contributed by atoms with van der Waals surface area (Å²) in [4.78, 5) is 0. The molecule has 0 atom stereocenters. The molecule has 0 aliphatic heterocycles. The summed E-state index contributed by atoms with van der Waals surface area (Å²) in [5.41, 5.74) is 0. The third-order valence-corrected chi connectivity index (χ3v) is 0. The summed E-state index contributed by atoms with van der Waals surface area (Å²) >= 11 is 0.778. The van der Waals surface area contributed by atoms with Gasteiger partial charge < -0.3 is 1.43 Å². The molecule has 0 saturated heterocycles. The average Bonchev–Trinajstić information content (AvgIpc) is 1.00. The van der Waals surface area contributed by atoms with Gasteiger partial charge in [0.1, 0.15) is 0 Å². The predicted octanol–water partition coefficient (Wildman–Crippen LogP) is -4.29. The van der Waals surface area contributed by atoms with Crippen molar-refractivity contribution in [3.63, 3.8) is 0 Å². The molecule has 0 nitrogen and oxygen atoms in total. The van der Waals surface area contributed by atoms with Gasteiger partial charge in [0.2, 0.25) is 0 Å². The minimum atomic E-state index is 0. The molecule has 0 aromatic rings. The Bertz CT molecular complexity index is 9.61. The van der Waals surface area contributed by atoms with Crippen molar-refractivity contribution < 1.29 is 20.3 Å². The first kappa shape index (κ1) is 16.7. The van der Waals surface area contributed by atoms with Crippen LogP contribution in [0.1, 0.15) is 1.43 Å². The van der Waals surface area contributed by atoms with Crippen LogP contribution in [0.4, 0.5) is 0 Å². The molecular formula is H6Al2ClLi. The van der Waals surface area contributed by atoms with E-state index in [1.54, 1.807) is 0 Å². The summed E-state index contributed by atoms with van der Waals surface area (Å²) in [6.07, 6.45) is 0. The number of halogens is 1. The third kappa shape index (κ3) is 9.04. The van der Waals surface area contributed by atoms with Crippen molar-refractivity contribution in [1.29, 1.82) is 0 Å². The Morgan fingerprint density at radius 3 is 1.50 bits per heavy atom. The third-order valence-electron chi connectivity index (χ3n) is 0. The van der Waals surface area contributed by atoms with Crippen molar-refractivity contribution in [2.24, 2.45) is 0 Å². The Kier molecular flexibility index (Phi) is 85.0. The number of rotatable bonds is 0. The molecule has 0 aromatic heterocycles. The minimum absolute atomic E-state index is 0. The summed E-state index contributed by atoms with van der Waals surface area (Å²) in [5.74, 6) is 0. The maximum Gasteiger partial charge on any atom is 1.00 e. The molecule has 4 heavy (non-hydrogen) atoms. The van der Waals surface area contributed by atoms with Crippen LogP contribution in [0.5, 0.6) is 0 Å². The van der Waals surface area contributed by atoms with Crippen LogP contribution in [0, 0.1) is 0 Å². The Morgan fingerprint density at radius 2 is 1.50 bits per heavy atom. The Labute approximate surface area is 62.7 Å². The second kappa shape index (κ2) is 20.3. The van der Waals surface area contributed by atoms with Gasteiger partial charge in [-0.25, -0.2) is 0 Å².